The first kappa shape index (κ1) is 14.8. The van der Waals surface area contributed by atoms with Crippen LogP contribution in [0.15, 0.2) is 0 Å². The summed E-state index contributed by atoms with van der Waals surface area (Å²) >= 11 is 0. The van der Waals surface area contributed by atoms with Crippen molar-refractivity contribution in [3.8, 4) is 0 Å². The van der Waals surface area contributed by atoms with Gasteiger partial charge in [-0.1, -0.05) is 20.3 Å². The molecule has 0 saturated heterocycles. The highest BCUT2D eigenvalue weighted by atomic mass is 19.4. The van der Waals surface area contributed by atoms with Crippen LogP contribution in [0.1, 0.15) is 39.5 Å². The van der Waals surface area contributed by atoms with Crippen LogP contribution in [0.25, 0.3) is 0 Å². The topological polar surface area (TPSA) is 29.3 Å². The van der Waals surface area contributed by atoms with Crippen LogP contribution in [-0.4, -0.2) is 36.2 Å². The molecule has 0 aromatic carbocycles. The second-order valence-corrected chi connectivity index (χ2v) is 5.00. The van der Waals surface area contributed by atoms with Gasteiger partial charge in [0, 0.05) is 12.1 Å². The average molecular weight is 252 g/mol. The van der Waals surface area contributed by atoms with Crippen LogP contribution in [0, 0.1) is 5.92 Å². The Morgan fingerprint density at radius 1 is 1.24 bits per heavy atom. The molecule has 0 bridgehead atoms. The molecule has 3 atom stereocenters. The smallest absolute Gasteiger partial charge is 0.326 e. The highest BCUT2D eigenvalue weighted by Crippen LogP contribution is 2.30. The minimum absolute atomic E-state index is 0.111. The van der Waals surface area contributed by atoms with Gasteiger partial charge in [-0.25, -0.2) is 0 Å². The zero-order valence-corrected chi connectivity index (χ0v) is 10.6. The van der Waals surface area contributed by atoms with Gasteiger partial charge in [0.05, 0.1) is 6.54 Å². The number of halogens is 3. The van der Waals surface area contributed by atoms with E-state index in [1.807, 2.05) is 0 Å². The Hall–Kier alpha value is -0.290. The molecule has 0 spiro atoms. The van der Waals surface area contributed by atoms with Crippen LogP contribution < -0.4 is 5.73 Å². The van der Waals surface area contributed by atoms with E-state index < -0.39 is 12.7 Å². The quantitative estimate of drug-likeness (QED) is 0.833. The van der Waals surface area contributed by atoms with Crippen molar-refractivity contribution in [2.45, 2.75) is 57.8 Å². The fraction of sp³-hybridized carbons (Fsp3) is 1.00. The molecule has 0 aromatic rings. The molecule has 1 saturated carbocycles. The third kappa shape index (κ3) is 4.47. The van der Waals surface area contributed by atoms with Gasteiger partial charge >= 0.3 is 6.18 Å². The number of hydrogen-bond acceptors (Lipinski definition) is 2. The molecular weight excluding hydrogens is 229 g/mol. The molecule has 1 aliphatic rings. The first-order valence-electron chi connectivity index (χ1n) is 6.43. The van der Waals surface area contributed by atoms with E-state index in [0.29, 0.717) is 12.5 Å². The van der Waals surface area contributed by atoms with Gasteiger partial charge in [0.25, 0.3) is 0 Å². The van der Waals surface area contributed by atoms with Gasteiger partial charge in [-0.2, -0.15) is 13.2 Å². The van der Waals surface area contributed by atoms with E-state index in [-0.39, 0.29) is 12.1 Å². The largest absolute Gasteiger partial charge is 0.401 e. The van der Waals surface area contributed by atoms with Crippen LogP contribution in [0.3, 0.4) is 0 Å². The lowest BCUT2D eigenvalue weighted by atomic mass is 9.80. The Morgan fingerprint density at radius 3 is 2.35 bits per heavy atom. The van der Waals surface area contributed by atoms with Crippen LogP contribution in [-0.2, 0) is 0 Å². The van der Waals surface area contributed by atoms with Gasteiger partial charge in [-0.3, -0.25) is 4.90 Å². The van der Waals surface area contributed by atoms with Gasteiger partial charge < -0.3 is 5.73 Å². The fourth-order valence-electron chi connectivity index (χ4n) is 2.74. The average Bonchev–Trinajstić information content (AvgIpc) is 2.25. The molecule has 3 unspecified atom stereocenters. The molecule has 5 heteroatoms. The number of hydrogen-bond donors (Lipinski definition) is 1. The molecule has 2 N–H and O–H groups in total. The lowest BCUT2D eigenvalue weighted by molar-refractivity contribution is -0.153. The number of nitrogens with zero attached hydrogens (tertiary/aromatic N) is 1. The van der Waals surface area contributed by atoms with Crippen molar-refractivity contribution in [2.24, 2.45) is 11.7 Å². The molecule has 0 aromatic heterocycles. The number of rotatable bonds is 4. The maximum absolute atomic E-state index is 12.5. The van der Waals surface area contributed by atoms with Crippen molar-refractivity contribution < 1.29 is 13.2 Å². The summed E-state index contributed by atoms with van der Waals surface area (Å²) in [6.45, 7) is 3.44. The van der Waals surface area contributed by atoms with Crippen molar-refractivity contribution in [1.29, 1.82) is 0 Å². The summed E-state index contributed by atoms with van der Waals surface area (Å²) in [4.78, 5) is 1.49. The standard InChI is InChI=1S/C12H23F3N2/c1-3-9-5-6-10(16)11(7-9)17(4-2)8-12(13,14)15/h9-11H,3-8,16H2,1-2H3. The molecule has 1 rings (SSSR count). The predicted octanol–water partition coefficient (Wildman–Crippen LogP) is 2.78. The normalized spacial score (nSPS) is 30.9. The van der Waals surface area contributed by atoms with E-state index in [4.69, 9.17) is 5.73 Å². The maximum Gasteiger partial charge on any atom is 0.401 e. The lowest BCUT2D eigenvalue weighted by Crippen LogP contribution is -2.53. The first-order valence-corrected chi connectivity index (χ1v) is 6.43. The summed E-state index contributed by atoms with van der Waals surface area (Å²) in [5.74, 6) is 0.530. The summed E-state index contributed by atoms with van der Waals surface area (Å²) in [7, 11) is 0. The SMILES string of the molecule is CCC1CCC(N)C(N(CC)CC(F)(F)F)C1. The van der Waals surface area contributed by atoms with Gasteiger partial charge in [-0.15, -0.1) is 0 Å². The minimum atomic E-state index is -4.13. The molecule has 2 nitrogen and oxygen atoms in total. The van der Waals surface area contributed by atoms with E-state index in [2.05, 4.69) is 6.92 Å². The highest BCUT2D eigenvalue weighted by molar-refractivity contribution is 4.89. The number of likely N-dealkylation sites (N-methyl/N-ethyl adjacent to an activating group) is 1. The molecule has 102 valence electrons. The van der Waals surface area contributed by atoms with Gasteiger partial charge in [0.15, 0.2) is 0 Å². The van der Waals surface area contributed by atoms with Gasteiger partial charge in [0.1, 0.15) is 0 Å². The van der Waals surface area contributed by atoms with Crippen LogP contribution >= 0.6 is 0 Å². The maximum atomic E-state index is 12.5. The summed E-state index contributed by atoms with van der Waals surface area (Å²) in [5.41, 5.74) is 5.98. The van der Waals surface area contributed by atoms with Crippen LogP contribution in [0.5, 0.6) is 0 Å². The second kappa shape index (κ2) is 6.05. The Bertz CT molecular complexity index is 230. The lowest BCUT2D eigenvalue weighted by Gasteiger charge is -2.41. The molecule has 1 aliphatic carbocycles. The van der Waals surface area contributed by atoms with Crippen LogP contribution in [0.4, 0.5) is 13.2 Å². The number of alkyl halides is 3. The fourth-order valence-corrected chi connectivity index (χ4v) is 2.74. The summed E-state index contributed by atoms with van der Waals surface area (Å²) in [5, 5.41) is 0. The monoisotopic (exact) mass is 252 g/mol. The summed E-state index contributed by atoms with van der Waals surface area (Å²) in [6, 6.07) is -0.222. The van der Waals surface area contributed by atoms with Crippen molar-refractivity contribution in [2.75, 3.05) is 13.1 Å². The van der Waals surface area contributed by atoms with E-state index >= 15 is 0 Å². The van der Waals surface area contributed by atoms with Gasteiger partial charge in [-0.05, 0) is 31.7 Å². The van der Waals surface area contributed by atoms with E-state index in [1.54, 1.807) is 6.92 Å². The van der Waals surface area contributed by atoms with Crippen molar-refractivity contribution in [1.82, 2.24) is 4.90 Å². The molecule has 0 aliphatic heterocycles. The van der Waals surface area contributed by atoms with Gasteiger partial charge in [0.2, 0.25) is 0 Å². The molecule has 0 amide bonds. The minimum Gasteiger partial charge on any atom is -0.326 e. The molecule has 0 heterocycles. The predicted molar refractivity (Wildman–Crippen MR) is 62.7 cm³/mol. The summed E-state index contributed by atoms with van der Waals surface area (Å²) < 4.78 is 37.4. The zero-order chi connectivity index (χ0) is 13.1. The van der Waals surface area contributed by atoms with E-state index in [1.165, 1.54) is 4.90 Å². The first-order chi connectivity index (χ1) is 7.87. The Labute approximate surface area is 101 Å². The highest BCUT2D eigenvalue weighted by Gasteiger charge is 2.37. The Balaban J connectivity index is 2.65. The number of nitrogens with two attached hydrogens (primary N) is 1. The second-order valence-electron chi connectivity index (χ2n) is 5.00. The molecule has 1 fully saturated rings. The van der Waals surface area contributed by atoms with Crippen LogP contribution in [0.2, 0.25) is 0 Å². The van der Waals surface area contributed by atoms with E-state index in [0.717, 1.165) is 25.7 Å². The molecular formula is C12H23F3N2. The third-order valence-electron chi connectivity index (χ3n) is 3.81. The van der Waals surface area contributed by atoms with Crippen molar-refractivity contribution >= 4 is 0 Å². The van der Waals surface area contributed by atoms with Crippen molar-refractivity contribution in [3.63, 3.8) is 0 Å². The molecule has 0 radical (unpaired) electrons. The Morgan fingerprint density at radius 2 is 1.88 bits per heavy atom. The Kier molecular flexibility index (Phi) is 5.25. The van der Waals surface area contributed by atoms with Crippen molar-refractivity contribution in [3.05, 3.63) is 0 Å². The van der Waals surface area contributed by atoms with E-state index in [9.17, 15) is 13.2 Å². The molecule has 17 heavy (non-hydrogen) atoms. The third-order valence-corrected chi connectivity index (χ3v) is 3.81. The summed E-state index contributed by atoms with van der Waals surface area (Å²) in [6.07, 6.45) is -0.390. The zero-order valence-electron chi connectivity index (χ0n) is 10.6.